The molecular formula is C22H15ClO5S. The monoisotopic (exact) mass is 426 g/mol. The first-order chi connectivity index (χ1) is 13.9. The van der Waals surface area contributed by atoms with Crippen molar-refractivity contribution in [2.45, 2.75) is 11.8 Å². The zero-order chi connectivity index (χ0) is 20.6. The number of aryl methyl sites for hydroxylation is 1. The highest BCUT2D eigenvalue weighted by Gasteiger charge is 2.25. The largest absolute Gasteiger partial charge is 0.452 e. The molecule has 0 aliphatic rings. The average Bonchev–Trinajstić information content (AvgIpc) is 2.71. The van der Waals surface area contributed by atoms with E-state index >= 15 is 0 Å². The fraction of sp³-hybridized carbons (Fsp3) is 0.0455. The van der Waals surface area contributed by atoms with E-state index in [9.17, 15) is 13.2 Å². The standard InChI is InChI=1S/C22H15ClO5S/c1-14-11-12-19-17(13-14)20(24)22(21(27-19)16-9-5-6-10-18(16)23)28-29(25,26)15-7-3-2-4-8-15/h2-13H,1H3. The minimum absolute atomic E-state index is 0.0449. The second-order valence-corrected chi connectivity index (χ2v) is 8.37. The van der Waals surface area contributed by atoms with Gasteiger partial charge in [-0.3, -0.25) is 4.79 Å². The van der Waals surface area contributed by atoms with Crippen molar-refractivity contribution in [1.29, 1.82) is 0 Å². The molecule has 3 aromatic carbocycles. The first kappa shape index (κ1) is 19.2. The van der Waals surface area contributed by atoms with Gasteiger partial charge in [0.15, 0.2) is 5.76 Å². The zero-order valence-electron chi connectivity index (χ0n) is 15.3. The summed E-state index contributed by atoms with van der Waals surface area (Å²) in [5, 5.41) is 0.517. The topological polar surface area (TPSA) is 73.6 Å². The van der Waals surface area contributed by atoms with Gasteiger partial charge in [-0.15, -0.1) is 0 Å². The van der Waals surface area contributed by atoms with E-state index in [0.717, 1.165) is 5.56 Å². The highest BCUT2D eigenvalue weighted by Crippen LogP contribution is 2.36. The van der Waals surface area contributed by atoms with Gasteiger partial charge in [0, 0.05) is 5.56 Å². The summed E-state index contributed by atoms with van der Waals surface area (Å²) in [6.45, 7) is 1.82. The quantitative estimate of drug-likeness (QED) is 0.420. The van der Waals surface area contributed by atoms with Crippen molar-refractivity contribution in [3.63, 3.8) is 0 Å². The summed E-state index contributed by atoms with van der Waals surface area (Å²) in [5.41, 5.74) is 0.892. The number of fused-ring (bicyclic) bond motifs is 1. The Kier molecular flexibility index (Phi) is 4.90. The molecule has 0 aliphatic carbocycles. The lowest BCUT2D eigenvalue weighted by atomic mass is 10.1. The third-order valence-corrected chi connectivity index (χ3v) is 5.91. The van der Waals surface area contributed by atoms with E-state index in [2.05, 4.69) is 0 Å². The van der Waals surface area contributed by atoms with E-state index in [1.807, 2.05) is 6.92 Å². The van der Waals surface area contributed by atoms with Gasteiger partial charge >= 0.3 is 10.1 Å². The van der Waals surface area contributed by atoms with Gasteiger partial charge in [-0.05, 0) is 43.3 Å². The van der Waals surface area contributed by atoms with Crippen LogP contribution in [0.4, 0.5) is 0 Å². The van der Waals surface area contributed by atoms with Gasteiger partial charge in [-0.1, -0.05) is 53.6 Å². The molecule has 0 unspecified atom stereocenters. The number of hydrogen-bond donors (Lipinski definition) is 0. The molecule has 4 rings (SSSR count). The van der Waals surface area contributed by atoms with Crippen LogP contribution in [0.1, 0.15) is 5.56 Å². The van der Waals surface area contributed by atoms with Crippen molar-refractivity contribution in [3.8, 4) is 17.1 Å². The molecule has 0 saturated heterocycles. The summed E-state index contributed by atoms with van der Waals surface area (Å²) in [6.07, 6.45) is 0. The molecule has 7 heteroatoms. The Hall–Kier alpha value is -3.09. The molecule has 0 amide bonds. The highest BCUT2D eigenvalue weighted by atomic mass is 35.5. The number of rotatable bonds is 4. The minimum atomic E-state index is -4.26. The molecule has 29 heavy (non-hydrogen) atoms. The number of benzene rings is 3. The van der Waals surface area contributed by atoms with Gasteiger partial charge in [-0.25, -0.2) is 0 Å². The molecule has 4 aromatic rings. The predicted molar refractivity (Wildman–Crippen MR) is 112 cm³/mol. The maximum Gasteiger partial charge on any atom is 0.339 e. The Labute approximate surface area is 172 Å². The molecule has 5 nitrogen and oxygen atoms in total. The number of hydrogen-bond acceptors (Lipinski definition) is 5. The van der Waals surface area contributed by atoms with E-state index in [4.69, 9.17) is 20.2 Å². The van der Waals surface area contributed by atoms with Crippen LogP contribution >= 0.6 is 11.6 Å². The van der Waals surface area contributed by atoms with E-state index in [0.29, 0.717) is 16.2 Å². The van der Waals surface area contributed by atoms with E-state index in [-0.39, 0.29) is 16.0 Å². The fourth-order valence-corrected chi connectivity index (χ4v) is 4.11. The Morgan fingerprint density at radius 2 is 1.62 bits per heavy atom. The maximum atomic E-state index is 13.2. The molecule has 0 bridgehead atoms. The molecule has 1 aromatic heterocycles. The Balaban J connectivity index is 2.01. The zero-order valence-corrected chi connectivity index (χ0v) is 16.8. The van der Waals surface area contributed by atoms with E-state index < -0.39 is 21.3 Å². The molecule has 0 radical (unpaired) electrons. The first-order valence-electron chi connectivity index (χ1n) is 8.69. The number of halogens is 1. The normalized spacial score (nSPS) is 11.5. The smallest absolute Gasteiger partial charge is 0.339 e. The lowest BCUT2D eigenvalue weighted by molar-refractivity contribution is 0.472. The summed E-state index contributed by atoms with van der Waals surface area (Å²) < 4.78 is 36.8. The first-order valence-corrected chi connectivity index (χ1v) is 10.5. The lowest BCUT2D eigenvalue weighted by Gasteiger charge is -2.12. The van der Waals surface area contributed by atoms with Gasteiger partial charge < -0.3 is 8.60 Å². The van der Waals surface area contributed by atoms with Crippen LogP contribution in [0.2, 0.25) is 5.02 Å². The third kappa shape index (κ3) is 3.64. The van der Waals surface area contributed by atoms with Crippen LogP contribution in [0, 0.1) is 6.92 Å². The van der Waals surface area contributed by atoms with Crippen molar-refractivity contribution in [3.05, 3.63) is 93.6 Å². The Morgan fingerprint density at radius 3 is 2.34 bits per heavy atom. The summed E-state index contributed by atoms with van der Waals surface area (Å²) >= 11 is 6.28. The second kappa shape index (κ2) is 7.39. The van der Waals surface area contributed by atoms with Gasteiger partial charge in [0.25, 0.3) is 0 Å². The van der Waals surface area contributed by atoms with Crippen molar-refractivity contribution >= 4 is 32.7 Å². The van der Waals surface area contributed by atoms with Crippen LogP contribution in [0.25, 0.3) is 22.3 Å². The van der Waals surface area contributed by atoms with Crippen molar-refractivity contribution in [2.24, 2.45) is 0 Å². The molecule has 146 valence electrons. The fourth-order valence-electron chi connectivity index (χ4n) is 2.94. The molecule has 0 atom stereocenters. The molecule has 0 fully saturated rings. The summed E-state index contributed by atoms with van der Waals surface area (Å²) in [4.78, 5) is 13.1. The van der Waals surface area contributed by atoms with Crippen LogP contribution in [-0.4, -0.2) is 8.42 Å². The third-order valence-electron chi connectivity index (χ3n) is 4.35. The minimum Gasteiger partial charge on any atom is -0.452 e. The predicted octanol–water partition coefficient (Wildman–Crippen LogP) is 5.19. The van der Waals surface area contributed by atoms with Crippen LogP contribution in [0.15, 0.2) is 86.9 Å². The van der Waals surface area contributed by atoms with Gasteiger partial charge in [0.1, 0.15) is 10.5 Å². The van der Waals surface area contributed by atoms with Crippen LogP contribution in [0.3, 0.4) is 0 Å². The van der Waals surface area contributed by atoms with E-state index in [1.165, 1.54) is 12.1 Å². The maximum absolute atomic E-state index is 13.2. The molecular weight excluding hydrogens is 412 g/mol. The molecule has 0 spiro atoms. The summed E-state index contributed by atoms with van der Waals surface area (Å²) in [5.74, 6) is -0.475. The molecule has 0 aliphatic heterocycles. The van der Waals surface area contributed by atoms with Gasteiger partial charge in [0.05, 0.1) is 10.4 Å². The average molecular weight is 427 g/mol. The second-order valence-electron chi connectivity index (χ2n) is 6.42. The van der Waals surface area contributed by atoms with Crippen molar-refractivity contribution in [1.82, 2.24) is 0 Å². The molecule has 0 saturated carbocycles. The molecule has 1 heterocycles. The Morgan fingerprint density at radius 1 is 0.931 bits per heavy atom. The SMILES string of the molecule is Cc1ccc2oc(-c3ccccc3Cl)c(OS(=O)(=O)c3ccccc3)c(=O)c2c1. The van der Waals surface area contributed by atoms with Crippen LogP contribution in [-0.2, 0) is 10.1 Å². The van der Waals surface area contributed by atoms with E-state index in [1.54, 1.807) is 60.7 Å². The van der Waals surface area contributed by atoms with Crippen LogP contribution < -0.4 is 9.61 Å². The summed E-state index contributed by atoms with van der Waals surface area (Å²) in [6, 6.07) is 19.3. The van der Waals surface area contributed by atoms with Crippen LogP contribution in [0.5, 0.6) is 5.75 Å². The molecule has 0 N–H and O–H groups in total. The van der Waals surface area contributed by atoms with Crippen molar-refractivity contribution < 1.29 is 17.0 Å². The van der Waals surface area contributed by atoms with Gasteiger partial charge in [-0.2, -0.15) is 8.42 Å². The van der Waals surface area contributed by atoms with Crippen molar-refractivity contribution in [2.75, 3.05) is 0 Å². The Bertz CT molecular complexity index is 1380. The highest BCUT2D eigenvalue weighted by molar-refractivity contribution is 7.87. The summed E-state index contributed by atoms with van der Waals surface area (Å²) in [7, 11) is -4.26. The van der Waals surface area contributed by atoms with Gasteiger partial charge in [0.2, 0.25) is 11.2 Å². The lowest BCUT2D eigenvalue weighted by Crippen LogP contribution is -2.17.